The number of sulfonamides is 1. The first-order valence-electron chi connectivity index (χ1n) is 10.9. The Labute approximate surface area is 200 Å². The lowest BCUT2D eigenvalue weighted by Crippen LogP contribution is -2.23. The van der Waals surface area contributed by atoms with Crippen molar-refractivity contribution in [2.75, 3.05) is 5.32 Å². The first kappa shape index (κ1) is 23.4. The highest BCUT2D eigenvalue weighted by atomic mass is 32.2. The summed E-state index contributed by atoms with van der Waals surface area (Å²) in [7, 11) is -3.63. The SMILES string of the molecule is Cc1ccc(NC(=O)c2cccc(-c3ccc(S(=O)(=O)NCc4ccccc4)cc3)c2)c(C)c1. The molecule has 5 nitrogen and oxygen atoms in total. The fourth-order valence-corrected chi connectivity index (χ4v) is 4.69. The molecular weight excluding hydrogens is 444 g/mol. The summed E-state index contributed by atoms with van der Waals surface area (Å²) >= 11 is 0. The van der Waals surface area contributed by atoms with Gasteiger partial charge in [0.2, 0.25) is 10.0 Å². The van der Waals surface area contributed by atoms with Crippen LogP contribution in [0.2, 0.25) is 0 Å². The molecule has 1 amide bonds. The largest absolute Gasteiger partial charge is 0.322 e. The molecule has 0 saturated carbocycles. The summed E-state index contributed by atoms with van der Waals surface area (Å²) < 4.78 is 27.9. The van der Waals surface area contributed by atoms with E-state index in [0.717, 1.165) is 33.5 Å². The lowest BCUT2D eigenvalue weighted by molar-refractivity contribution is 0.102. The molecule has 0 bridgehead atoms. The molecule has 0 unspecified atom stereocenters. The van der Waals surface area contributed by atoms with Crippen molar-refractivity contribution in [3.05, 3.63) is 119 Å². The van der Waals surface area contributed by atoms with E-state index in [1.807, 2.05) is 74.5 Å². The Morgan fingerprint density at radius 3 is 2.21 bits per heavy atom. The van der Waals surface area contributed by atoms with Crippen molar-refractivity contribution in [1.29, 1.82) is 0 Å². The number of carbonyl (C=O) groups is 1. The van der Waals surface area contributed by atoms with Gasteiger partial charge in [0.25, 0.3) is 5.91 Å². The third-order valence-corrected chi connectivity index (χ3v) is 6.98. The van der Waals surface area contributed by atoms with Crippen molar-refractivity contribution in [3.8, 4) is 11.1 Å². The molecule has 4 rings (SSSR count). The molecular formula is C28H26N2O3S. The number of hydrogen-bond donors (Lipinski definition) is 2. The van der Waals surface area contributed by atoms with Gasteiger partial charge in [-0.2, -0.15) is 0 Å². The molecule has 0 radical (unpaired) electrons. The normalized spacial score (nSPS) is 11.2. The number of aryl methyl sites for hydroxylation is 2. The fourth-order valence-electron chi connectivity index (χ4n) is 3.67. The summed E-state index contributed by atoms with van der Waals surface area (Å²) in [6.07, 6.45) is 0. The summed E-state index contributed by atoms with van der Waals surface area (Å²) in [5, 5.41) is 2.96. The summed E-state index contributed by atoms with van der Waals surface area (Å²) in [5.41, 5.74) is 5.98. The van der Waals surface area contributed by atoms with Crippen LogP contribution >= 0.6 is 0 Å². The van der Waals surface area contributed by atoms with E-state index in [0.29, 0.717) is 5.56 Å². The van der Waals surface area contributed by atoms with Crippen LogP contribution in [0.1, 0.15) is 27.0 Å². The molecule has 6 heteroatoms. The predicted octanol–water partition coefficient (Wildman–Crippen LogP) is 5.70. The molecule has 0 saturated heterocycles. The Bertz CT molecular complexity index is 1410. The summed E-state index contributed by atoms with van der Waals surface area (Å²) in [6.45, 7) is 4.20. The quantitative estimate of drug-likeness (QED) is 0.364. The zero-order valence-electron chi connectivity index (χ0n) is 19.1. The molecule has 0 spiro atoms. The van der Waals surface area contributed by atoms with Crippen molar-refractivity contribution in [1.82, 2.24) is 4.72 Å². The Kier molecular flexibility index (Phi) is 6.91. The molecule has 0 aliphatic rings. The second-order valence-corrected chi connectivity index (χ2v) is 9.95. The smallest absolute Gasteiger partial charge is 0.255 e. The number of rotatable bonds is 7. The number of hydrogen-bond acceptors (Lipinski definition) is 3. The van der Waals surface area contributed by atoms with E-state index in [4.69, 9.17) is 0 Å². The van der Waals surface area contributed by atoms with Gasteiger partial charge in [0, 0.05) is 17.8 Å². The van der Waals surface area contributed by atoms with Crippen LogP contribution < -0.4 is 10.0 Å². The van der Waals surface area contributed by atoms with Gasteiger partial charge < -0.3 is 5.32 Å². The molecule has 2 N–H and O–H groups in total. The van der Waals surface area contributed by atoms with Gasteiger partial charge in [0.1, 0.15) is 0 Å². The monoisotopic (exact) mass is 470 g/mol. The van der Waals surface area contributed by atoms with Crippen LogP contribution in [-0.4, -0.2) is 14.3 Å². The molecule has 0 atom stereocenters. The molecule has 4 aromatic carbocycles. The van der Waals surface area contributed by atoms with Gasteiger partial charge in [0.15, 0.2) is 0 Å². The Morgan fingerprint density at radius 2 is 1.50 bits per heavy atom. The molecule has 172 valence electrons. The number of nitrogens with one attached hydrogen (secondary N) is 2. The number of benzene rings is 4. The van der Waals surface area contributed by atoms with Crippen LogP contribution in [0.4, 0.5) is 5.69 Å². The van der Waals surface area contributed by atoms with Crippen LogP contribution in [-0.2, 0) is 16.6 Å². The Morgan fingerprint density at radius 1 is 0.765 bits per heavy atom. The van der Waals surface area contributed by atoms with Crippen molar-refractivity contribution >= 4 is 21.6 Å². The average Bonchev–Trinajstić information content (AvgIpc) is 2.85. The highest BCUT2D eigenvalue weighted by Crippen LogP contribution is 2.24. The Balaban J connectivity index is 1.48. The third-order valence-electron chi connectivity index (χ3n) is 5.56. The summed E-state index contributed by atoms with van der Waals surface area (Å²) in [4.78, 5) is 13.0. The van der Waals surface area contributed by atoms with Gasteiger partial charge >= 0.3 is 0 Å². The van der Waals surface area contributed by atoms with E-state index in [9.17, 15) is 13.2 Å². The number of amides is 1. The van der Waals surface area contributed by atoms with Crippen molar-refractivity contribution in [3.63, 3.8) is 0 Å². The second kappa shape index (κ2) is 10.0. The van der Waals surface area contributed by atoms with Crippen LogP contribution in [0.15, 0.2) is 102 Å². The minimum Gasteiger partial charge on any atom is -0.322 e. The summed E-state index contributed by atoms with van der Waals surface area (Å²) in [6, 6.07) is 29.2. The van der Waals surface area contributed by atoms with Gasteiger partial charge in [-0.1, -0.05) is 72.3 Å². The Hall–Kier alpha value is -3.74. The van der Waals surface area contributed by atoms with Crippen LogP contribution in [0.25, 0.3) is 11.1 Å². The van der Waals surface area contributed by atoms with E-state index in [1.165, 1.54) is 0 Å². The van der Waals surface area contributed by atoms with Gasteiger partial charge in [0.05, 0.1) is 4.90 Å². The van der Waals surface area contributed by atoms with Gasteiger partial charge in [-0.3, -0.25) is 4.79 Å². The lowest BCUT2D eigenvalue weighted by atomic mass is 10.0. The van der Waals surface area contributed by atoms with E-state index in [2.05, 4.69) is 10.0 Å². The van der Waals surface area contributed by atoms with Gasteiger partial charge in [-0.15, -0.1) is 0 Å². The van der Waals surface area contributed by atoms with E-state index in [-0.39, 0.29) is 17.3 Å². The van der Waals surface area contributed by atoms with Crippen molar-refractivity contribution in [2.24, 2.45) is 0 Å². The van der Waals surface area contributed by atoms with Gasteiger partial charge in [-0.25, -0.2) is 13.1 Å². The molecule has 34 heavy (non-hydrogen) atoms. The van der Waals surface area contributed by atoms with Crippen LogP contribution in [0.3, 0.4) is 0 Å². The molecule has 0 fully saturated rings. The minimum absolute atomic E-state index is 0.191. The molecule has 0 aliphatic carbocycles. The topological polar surface area (TPSA) is 75.3 Å². The first-order valence-corrected chi connectivity index (χ1v) is 12.4. The van der Waals surface area contributed by atoms with Crippen molar-refractivity contribution in [2.45, 2.75) is 25.3 Å². The first-order chi connectivity index (χ1) is 16.3. The second-order valence-electron chi connectivity index (χ2n) is 8.19. The lowest BCUT2D eigenvalue weighted by Gasteiger charge is -2.11. The average molecular weight is 471 g/mol. The molecule has 0 aromatic heterocycles. The maximum absolute atomic E-state index is 12.8. The number of anilines is 1. The zero-order chi connectivity index (χ0) is 24.1. The highest BCUT2D eigenvalue weighted by molar-refractivity contribution is 7.89. The number of carbonyl (C=O) groups excluding carboxylic acids is 1. The third kappa shape index (κ3) is 5.60. The molecule has 0 heterocycles. The van der Waals surface area contributed by atoms with E-state index < -0.39 is 10.0 Å². The maximum atomic E-state index is 12.8. The van der Waals surface area contributed by atoms with E-state index >= 15 is 0 Å². The zero-order valence-corrected chi connectivity index (χ0v) is 19.9. The predicted molar refractivity (Wildman–Crippen MR) is 136 cm³/mol. The highest BCUT2D eigenvalue weighted by Gasteiger charge is 2.14. The van der Waals surface area contributed by atoms with E-state index in [1.54, 1.807) is 36.4 Å². The van der Waals surface area contributed by atoms with Crippen molar-refractivity contribution < 1.29 is 13.2 Å². The summed E-state index contributed by atoms with van der Waals surface area (Å²) in [5.74, 6) is -0.196. The van der Waals surface area contributed by atoms with Crippen LogP contribution in [0.5, 0.6) is 0 Å². The molecule has 4 aromatic rings. The molecule has 0 aliphatic heterocycles. The maximum Gasteiger partial charge on any atom is 0.255 e. The van der Waals surface area contributed by atoms with Crippen LogP contribution in [0, 0.1) is 13.8 Å². The van der Waals surface area contributed by atoms with Gasteiger partial charge in [-0.05, 0) is 66.4 Å². The minimum atomic E-state index is -3.63. The fraction of sp³-hybridized carbons (Fsp3) is 0.107. The standard InChI is InChI=1S/C28H26N2O3S/c1-20-11-16-27(21(2)17-20)30-28(31)25-10-6-9-24(18-25)23-12-14-26(15-13-23)34(32,33)29-19-22-7-4-3-5-8-22/h3-18,29H,19H2,1-2H3,(H,30,31).